The highest BCUT2D eigenvalue weighted by atomic mass is 32.1. The highest BCUT2D eigenvalue weighted by molar-refractivity contribution is 7.22. The number of hydrogen-bond acceptors (Lipinski definition) is 7. The maximum absolute atomic E-state index is 13.3. The van der Waals surface area contributed by atoms with Gasteiger partial charge in [0.2, 0.25) is 0 Å². The molecule has 1 aliphatic rings. The number of ether oxygens (including phenoxy) is 1. The third kappa shape index (κ3) is 5.85. The smallest absolute Gasteiger partial charge is 0.270 e. The highest BCUT2D eigenvalue weighted by Crippen LogP contribution is 2.31. The van der Waals surface area contributed by atoms with Crippen molar-refractivity contribution in [3.05, 3.63) is 69.8 Å². The van der Waals surface area contributed by atoms with Gasteiger partial charge in [-0.2, -0.15) is 0 Å². The predicted octanol–water partition coefficient (Wildman–Crippen LogP) is 4.54. The number of amides is 1. The molecule has 3 aromatic rings. The van der Waals surface area contributed by atoms with Gasteiger partial charge in [0.05, 0.1) is 28.4 Å². The van der Waals surface area contributed by atoms with Crippen LogP contribution in [0.1, 0.15) is 24.5 Å². The van der Waals surface area contributed by atoms with Crippen molar-refractivity contribution < 1.29 is 14.5 Å². The standard InChI is InChI=1S/C25H28N4O4S/c1-2-20-7-4-9-22-24(20)26-25(34-22)28(13-5-12-27-14-16-33-17-15-27)23(30)11-10-19-6-3-8-21(18-19)29(31)32/h3-4,6-11,18H,2,5,12-17H2,1H3/b11-10+. The maximum atomic E-state index is 13.3. The van der Waals surface area contributed by atoms with Crippen LogP contribution in [0.2, 0.25) is 0 Å². The van der Waals surface area contributed by atoms with Crippen LogP contribution >= 0.6 is 11.3 Å². The molecule has 1 aliphatic heterocycles. The minimum absolute atomic E-state index is 0.00441. The maximum Gasteiger partial charge on any atom is 0.270 e. The van der Waals surface area contributed by atoms with Crippen molar-refractivity contribution in [2.24, 2.45) is 0 Å². The summed E-state index contributed by atoms with van der Waals surface area (Å²) < 4.78 is 6.48. The lowest BCUT2D eigenvalue weighted by atomic mass is 10.1. The first-order chi connectivity index (χ1) is 16.5. The lowest BCUT2D eigenvalue weighted by molar-refractivity contribution is -0.384. The molecule has 0 spiro atoms. The minimum atomic E-state index is -0.441. The first kappa shape index (κ1) is 24.0. The summed E-state index contributed by atoms with van der Waals surface area (Å²) in [6.45, 7) is 6.81. The van der Waals surface area contributed by atoms with Crippen LogP contribution in [0, 0.1) is 10.1 Å². The van der Waals surface area contributed by atoms with E-state index in [2.05, 4.69) is 17.9 Å². The first-order valence-electron chi connectivity index (χ1n) is 11.5. The number of nitrogens with zero attached hydrogens (tertiary/aromatic N) is 4. The molecule has 0 saturated carbocycles. The number of nitro groups is 1. The number of thiazole rings is 1. The summed E-state index contributed by atoms with van der Waals surface area (Å²) in [4.78, 5) is 32.8. The summed E-state index contributed by atoms with van der Waals surface area (Å²) in [6.07, 6.45) is 4.78. The fourth-order valence-electron chi connectivity index (χ4n) is 3.97. The Labute approximate surface area is 202 Å². The van der Waals surface area contributed by atoms with Crippen LogP contribution in [0.4, 0.5) is 10.8 Å². The SMILES string of the molecule is CCc1cccc2sc(N(CCCN3CCOCC3)C(=O)/C=C/c3cccc([N+](=O)[O-])c3)nc12. The van der Waals surface area contributed by atoms with E-state index in [1.165, 1.54) is 29.5 Å². The summed E-state index contributed by atoms with van der Waals surface area (Å²) in [5, 5.41) is 11.7. The number of para-hydroxylation sites is 1. The number of nitro benzene ring substituents is 1. The van der Waals surface area contributed by atoms with Crippen LogP contribution in [0.25, 0.3) is 16.3 Å². The number of benzene rings is 2. The second-order valence-electron chi connectivity index (χ2n) is 8.10. The van der Waals surface area contributed by atoms with Gasteiger partial charge in [0.25, 0.3) is 11.6 Å². The van der Waals surface area contributed by atoms with Crippen molar-refractivity contribution >= 4 is 44.4 Å². The molecule has 1 aromatic heterocycles. The van der Waals surface area contributed by atoms with Gasteiger partial charge in [-0.15, -0.1) is 0 Å². The number of aryl methyl sites for hydroxylation is 1. The zero-order valence-electron chi connectivity index (χ0n) is 19.2. The predicted molar refractivity (Wildman–Crippen MR) is 135 cm³/mol. The van der Waals surface area contributed by atoms with Crippen molar-refractivity contribution in [3.8, 4) is 0 Å². The van der Waals surface area contributed by atoms with Crippen molar-refractivity contribution in [2.75, 3.05) is 44.3 Å². The largest absolute Gasteiger partial charge is 0.379 e. The Kier molecular flexibility index (Phi) is 7.99. The van der Waals surface area contributed by atoms with Gasteiger partial charge in [0, 0.05) is 44.4 Å². The van der Waals surface area contributed by atoms with Crippen molar-refractivity contribution in [1.82, 2.24) is 9.88 Å². The van der Waals surface area contributed by atoms with E-state index in [0.29, 0.717) is 17.2 Å². The molecule has 4 rings (SSSR count). The fourth-order valence-corrected chi connectivity index (χ4v) is 5.02. The van der Waals surface area contributed by atoms with Gasteiger partial charge in [-0.05, 0) is 36.1 Å². The third-order valence-electron chi connectivity index (χ3n) is 5.83. The number of carbonyl (C=O) groups excluding carboxylic acids is 1. The van der Waals surface area contributed by atoms with Crippen molar-refractivity contribution in [2.45, 2.75) is 19.8 Å². The van der Waals surface area contributed by atoms with E-state index in [1.54, 1.807) is 23.1 Å². The number of carbonyl (C=O) groups is 1. The molecule has 8 nitrogen and oxygen atoms in total. The summed E-state index contributed by atoms with van der Waals surface area (Å²) in [6, 6.07) is 12.4. The Balaban J connectivity index is 1.55. The van der Waals surface area contributed by atoms with Crippen LogP contribution < -0.4 is 4.90 Å². The summed E-state index contributed by atoms with van der Waals surface area (Å²) in [7, 11) is 0. The van der Waals surface area contributed by atoms with Gasteiger partial charge in [-0.1, -0.05) is 42.5 Å². The van der Waals surface area contributed by atoms with Crippen molar-refractivity contribution in [1.29, 1.82) is 0 Å². The summed E-state index contributed by atoms with van der Waals surface area (Å²) >= 11 is 1.51. The molecule has 0 aliphatic carbocycles. The molecule has 1 fully saturated rings. The van der Waals surface area contributed by atoms with Crippen LogP contribution in [0.5, 0.6) is 0 Å². The number of aromatic nitrogens is 1. The van der Waals surface area contributed by atoms with E-state index in [-0.39, 0.29) is 11.6 Å². The van der Waals surface area contributed by atoms with Gasteiger partial charge in [0.15, 0.2) is 5.13 Å². The average molecular weight is 481 g/mol. The monoisotopic (exact) mass is 480 g/mol. The number of rotatable bonds is 9. The van der Waals surface area contributed by atoms with Gasteiger partial charge < -0.3 is 4.74 Å². The molecule has 0 atom stereocenters. The second kappa shape index (κ2) is 11.3. The van der Waals surface area contributed by atoms with Crippen LogP contribution in [-0.4, -0.2) is 60.1 Å². The first-order valence-corrected chi connectivity index (χ1v) is 12.3. The molecule has 0 unspecified atom stereocenters. The Morgan fingerprint density at radius 3 is 2.82 bits per heavy atom. The minimum Gasteiger partial charge on any atom is -0.379 e. The van der Waals surface area contributed by atoms with E-state index in [4.69, 9.17) is 9.72 Å². The highest BCUT2D eigenvalue weighted by Gasteiger charge is 2.20. The number of non-ortho nitro benzene ring substituents is 1. The number of anilines is 1. The van der Waals surface area contributed by atoms with Gasteiger partial charge in [0.1, 0.15) is 0 Å². The number of fused-ring (bicyclic) bond motifs is 1. The quantitative estimate of drug-likeness (QED) is 0.254. The fraction of sp³-hybridized carbons (Fsp3) is 0.360. The van der Waals surface area contributed by atoms with Crippen LogP contribution in [0.15, 0.2) is 48.5 Å². The molecule has 0 bridgehead atoms. The molecule has 1 saturated heterocycles. The Hall–Kier alpha value is -3.14. The van der Waals surface area contributed by atoms with E-state index < -0.39 is 4.92 Å². The molecular formula is C25H28N4O4S. The third-order valence-corrected chi connectivity index (χ3v) is 6.87. The van der Waals surface area contributed by atoms with Gasteiger partial charge >= 0.3 is 0 Å². The van der Waals surface area contributed by atoms with Crippen molar-refractivity contribution in [3.63, 3.8) is 0 Å². The lowest BCUT2D eigenvalue weighted by Crippen LogP contribution is -2.39. The molecule has 0 radical (unpaired) electrons. The molecule has 2 aromatic carbocycles. The number of hydrogen-bond donors (Lipinski definition) is 0. The summed E-state index contributed by atoms with van der Waals surface area (Å²) in [5.74, 6) is -0.189. The topological polar surface area (TPSA) is 88.8 Å². The zero-order chi connectivity index (χ0) is 23.9. The Morgan fingerprint density at radius 1 is 1.26 bits per heavy atom. The molecule has 9 heteroatoms. The number of morpholine rings is 1. The van der Waals surface area contributed by atoms with Crippen LogP contribution in [0.3, 0.4) is 0 Å². The Bertz CT molecular complexity index is 1190. The summed E-state index contributed by atoms with van der Waals surface area (Å²) in [5.41, 5.74) is 2.70. The second-order valence-corrected chi connectivity index (χ2v) is 9.11. The Morgan fingerprint density at radius 2 is 2.06 bits per heavy atom. The average Bonchev–Trinajstić information content (AvgIpc) is 3.30. The molecule has 34 heavy (non-hydrogen) atoms. The van der Waals surface area contributed by atoms with E-state index in [1.807, 2.05) is 12.1 Å². The molecule has 178 valence electrons. The van der Waals surface area contributed by atoms with Gasteiger partial charge in [-0.3, -0.25) is 24.7 Å². The van der Waals surface area contributed by atoms with E-state index >= 15 is 0 Å². The molecular weight excluding hydrogens is 452 g/mol. The molecule has 0 N–H and O–H groups in total. The van der Waals surface area contributed by atoms with Crippen LogP contribution in [-0.2, 0) is 16.0 Å². The van der Waals surface area contributed by atoms with Gasteiger partial charge in [-0.25, -0.2) is 4.98 Å². The lowest BCUT2D eigenvalue weighted by Gasteiger charge is -2.27. The molecule has 2 heterocycles. The van der Waals surface area contributed by atoms with E-state index in [9.17, 15) is 14.9 Å². The molecule has 1 amide bonds. The zero-order valence-corrected chi connectivity index (χ0v) is 20.0. The normalized spacial score (nSPS) is 14.6. The van der Waals surface area contributed by atoms with E-state index in [0.717, 1.165) is 61.5 Å².